The highest BCUT2D eigenvalue weighted by molar-refractivity contribution is 5.47. The third kappa shape index (κ3) is 1.16. The smallest absolute Gasteiger partial charge is 0.178 e. The van der Waals surface area contributed by atoms with Crippen molar-refractivity contribution < 1.29 is 0 Å². The third-order valence-electron chi connectivity index (χ3n) is 1.85. The van der Waals surface area contributed by atoms with Crippen molar-refractivity contribution in [3.8, 4) is 0 Å². The molecule has 2 aromatic rings. The molecule has 14 heavy (non-hydrogen) atoms. The lowest BCUT2D eigenvalue weighted by Crippen LogP contribution is -1.95. The second-order valence-electron chi connectivity index (χ2n) is 2.86. The van der Waals surface area contributed by atoms with Crippen LogP contribution in [-0.2, 0) is 0 Å². The fourth-order valence-electron chi connectivity index (χ4n) is 1.16. The molecule has 2 rings (SSSR count). The first-order valence-electron chi connectivity index (χ1n) is 3.97. The number of aromatic nitrogens is 4. The predicted octanol–water partition coefficient (Wildman–Crippen LogP) is 1.68. The van der Waals surface area contributed by atoms with Gasteiger partial charge in [0.15, 0.2) is 17.3 Å². The van der Waals surface area contributed by atoms with E-state index in [1.165, 1.54) is 4.52 Å². The Labute approximate surface area is 79.0 Å². The molecule has 70 valence electrons. The van der Waals surface area contributed by atoms with Gasteiger partial charge in [-0.25, -0.2) is 0 Å². The summed E-state index contributed by atoms with van der Waals surface area (Å²) in [6, 6.07) is 1.77. The van der Waals surface area contributed by atoms with Crippen molar-refractivity contribution in [2.24, 2.45) is 5.11 Å². The van der Waals surface area contributed by atoms with Gasteiger partial charge in [-0.2, -0.15) is 9.61 Å². The number of nitrogens with zero attached hydrogens (tertiary/aromatic N) is 7. The standard InChI is InChI=1S/C7H7N7/c1-4-3-6-10-9-5(2)14(6)12-7(4)11-13-8/h3H,1-2H3. The summed E-state index contributed by atoms with van der Waals surface area (Å²) in [5, 5.41) is 15.3. The molecular weight excluding hydrogens is 182 g/mol. The average molecular weight is 189 g/mol. The fourth-order valence-corrected chi connectivity index (χ4v) is 1.16. The third-order valence-corrected chi connectivity index (χ3v) is 1.85. The van der Waals surface area contributed by atoms with E-state index in [4.69, 9.17) is 5.53 Å². The van der Waals surface area contributed by atoms with Gasteiger partial charge in [-0.05, 0) is 36.1 Å². The number of aryl methyl sites for hydroxylation is 2. The van der Waals surface area contributed by atoms with Gasteiger partial charge in [0.2, 0.25) is 0 Å². The molecule has 0 N–H and O–H groups in total. The van der Waals surface area contributed by atoms with E-state index in [0.717, 1.165) is 5.56 Å². The lowest BCUT2D eigenvalue weighted by Gasteiger charge is -1.98. The Morgan fingerprint density at radius 3 is 2.93 bits per heavy atom. The summed E-state index contributed by atoms with van der Waals surface area (Å²) < 4.78 is 1.54. The van der Waals surface area contributed by atoms with Crippen LogP contribution in [0.15, 0.2) is 11.2 Å². The summed E-state index contributed by atoms with van der Waals surface area (Å²) in [6.07, 6.45) is 0. The Bertz CT molecular complexity index is 534. The highest BCUT2D eigenvalue weighted by Gasteiger charge is 2.05. The molecule has 7 nitrogen and oxygen atoms in total. The molecule has 0 bridgehead atoms. The van der Waals surface area contributed by atoms with Crippen molar-refractivity contribution in [1.82, 2.24) is 19.8 Å². The Morgan fingerprint density at radius 2 is 2.21 bits per heavy atom. The van der Waals surface area contributed by atoms with Crippen molar-refractivity contribution >= 4 is 11.5 Å². The lowest BCUT2D eigenvalue weighted by atomic mass is 10.3. The number of fused-ring (bicyclic) bond motifs is 1. The molecule has 2 heterocycles. The first-order valence-corrected chi connectivity index (χ1v) is 3.97. The lowest BCUT2D eigenvalue weighted by molar-refractivity contribution is 0.868. The Kier molecular flexibility index (Phi) is 1.79. The van der Waals surface area contributed by atoms with Gasteiger partial charge in [-0.1, -0.05) is 0 Å². The van der Waals surface area contributed by atoms with Crippen LogP contribution in [0.4, 0.5) is 5.82 Å². The van der Waals surface area contributed by atoms with Crippen molar-refractivity contribution in [2.75, 3.05) is 0 Å². The molecule has 7 heteroatoms. The monoisotopic (exact) mass is 189 g/mol. The molecular formula is C7H7N7. The summed E-state index contributed by atoms with van der Waals surface area (Å²) in [5.74, 6) is 1.01. The zero-order chi connectivity index (χ0) is 10.1. The highest BCUT2D eigenvalue weighted by atomic mass is 15.4. The van der Waals surface area contributed by atoms with Gasteiger partial charge in [0, 0.05) is 4.91 Å². The molecule has 0 atom stereocenters. The first kappa shape index (κ1) is 8.46. The van der Waals surface area contributed by atoms with E-state index in [2.05, 4.69) is 25.3 Å². The summed E-state index contributed by atoms with van der Waals surface area (Å²) in [6.45, 7) is 3.59. The van der Waals surface area contributed by atoms with Crippen molar-refractivity contribution in [3.05, 3.63) is 27.9 Å². The van der Waals surface area contributed by atoms with Crippen LogP contribution < -0.4 is 0 Å². The molecule has 0 fully saturated rings. The van der Waals surface area contributed by atoms with E-state index in [0.29, 0.717) is 17.3 Å². The van der Waals surface area contributed by atoms with Crippen LogP contribution in [-0.4, -0.2) is 19.8 Å². The van der Waals surface area contributed by atoms with E-state index in [1.807, 2.05) is 0 Å². The van der Waals surface area contributed by atoms with Crippen molar-refractivity contribution in [1.29, 1.82) is 0 Å². The normalized spacial score (nSPS) is 10.1. The van der Waals surface area contributed by atoms with E-state index < -0.39 is 0 Å². The van der Waals surface area contributed by atoms with Gasteiger partial charge in [-0.3, -0.25) is 0 Å². The molecule has 0 aromatic carbocycles. The molecule has 0 spiro atoms. The maximum atomic E-state index is 8.31. The molecule has 0 radical (unpaired) electrons. The zero-order valence-electron chi connectivity index (χ0n) is 7.71. The number of rotatable bonds is 1. The summed E-state index contributed by atoms with van der Waals surface area (Å²) in [7, 11) is 0. The molecule has 0 saturated heterocycles. The fraction of sp³-hybridized carbons (Fsp3) is 0.286. The molecule has 0 aliphatic heterocycles. The molecule has 0 amide bonds. The van der Waals surface area contributed by atoms with E-state index in [1.54, 1.807) is 19.9 Å². The molecule has 0 unspecified atom stereocenters. The Morgan fingerprint density at radius 1 is 1.43 bits per heavy atom. The van der Waals surface area contributed by atoms with Crippen LogP contribution in [0.25, 0.3) is 16.1 Å². The average Bonchev–Trinajstić information content (AvgIpc) is 2.49. The van der Waals surface area contributed by atoms with E-state index >= 15 is 0 Å². The molecule has 0 aliphatic rings. The van der Waals surface area contributed by atoms with Crippen molar-refractivity contribution in [2.45, 2.75) is 13.8 Å². The SMILES string of the molecule is Cc1cc2nnc(C)n2nc1N=[N+]=[N-]. The second kappa shape index (κ2) is 2.97. The van der Waals surface area contributed by atoms with Gasteiger partial charge < -0.3 is 0 Å². The van der Waals surface area contributed by atoms with Crippen molar-refractivity contribution in [3.63, 3.8) is 0 Å². The van der Waals surface area contributed by atoms with Gasteiger partial charge in [-0.15, -0.1) is 10.2 Å². The summed E-state index contributed by atoms with van der Waals surface area (Å²) in [5.41, 5.74) is 9.74. The largest absolute Gasteiger partial charge is 0.197 e. The number of hydrogen-bond donors (Lipinski definition) is 0. The first-order chi connectivity index (χ1) is 6.72. The Hall–Kier alpha value is -2.14. The van der Waals surface area contributed by atoms with Gasteiger partial charge >= 0.3 is 0 Å². The minimum Gasteiger partial charge on any atom is -0.197 e. The second-order valence-corrected chi connectivity index (χ2v) is 2.86. The van der Waals surface area contributed by atoms with Gasteiger partial charge in [0.1, 0.15) is 0 Å². The van der Waals surface area contributed by atoms with Crippen LogP contribution in [0.2, 0.25) is 0 Å². The number of hydrogen-bond acceptors (Lipinski definition) is 4. The van der Waals surface area contributed by atoms with E-state index in [9.17, 15) is 0 Å². The zero-order valence-corrected chi connectivity index (χ0v) is 7.71. The minimum atomic E-state index is 0.350. The maximum absolute atomic E-state index is 8.31. The maximum Gasteiger partial charge on any atom is 0.178 e. The van der Waals surface area contributed by atoms with Crippen LogP contribution >= 0.6 is 0 Å². The van der Waals surface area contributed by atoms with E-state index in [-0.39, 0.29) is 0 Å². The quantitative estimate of drug-likeness (QED) is 0.388. The van der Waals surface area contributed by atoms with Gasteiger partial charge in [0.05, 0.1) is 0 Å². The van der Waals surface area contributed by atoms with Crippen LogP contribution in [0.3, 0.4) is 0 Å². The predicted molar refractivity (Wildman–Crippen MR) is 49.1 cm³/mol. The highest BCUT2D eigenvalue weighted by Crippen LogP contribution is 2.16. The molecule has 0 aliphatic carbocycles. The topological polar surface area (TPSA) is 91.8 Å². The van der Waals surface area contributed by atoms with Crippen LogP contribution in [0, 0.1) is 13.8 Å². The minimum absolute atomic E-state index is 0.350. The number of azide groups is 1. The van der Waals surface area contributed by atoms with Crippen LogP contribution in [0.5, 0.6) is 0 Å². The summed E-state index contributed by atoms with van der Waals surface area (Å²) in [4.78, 5) is 2.70. The Balaban J connectivity index is 2.80. The molecule has 2 aromatic heterocycles. The van der Waals surface area contributed by atoms with Gasteiger partial charge in [0.25, 0.3) is 0 Å². The van der Waals surface area contributed by atoms with Crippen LogP contribution in [0.1, 0.15) is 11.4 Å². The summed E-state index contributed by atoms with van der Waals surface area (Å²) >= 11 is 0. The molecule has 0 saturated carbocycles.